The first-order valence-corrected chi connectivity index (χ1v) is 26.9. The van der Waals surface area contributed by atoms with Gasteiger partial charge in [-0.25, -0.2) is 0 Å². The molecule has 0 spiro atoms. The van der Waals surface area contributed by atoms with Crippen LogP contribution in [0, 0.1) is 0 Å². The molecule has 6 aromatic rings. The summed E-state index contributed by atoms with van der Waals surface area (Å²) in [6, 6.07) is 46.6. The van der Waals surface area contributed by atoms with Gasteiger partial charge in [-0.1, -0.05) is 117 Å². The van der Waals surface area contributed by atoms with Crippen molar-refractivity contribution in [1.82, 2.24) is 0 Å². The highest BCUT2D eigenvalue weighted by Gasteiger charge is 2.46. The van der Waals surface area contributed by atoms with E-state index in [0.717, 1.165) is 52.7 Å². The van der Waals surface area contributed by atoms with Crippen molar-refractivity contribution in [3.05, 3.63) is 191 Å². The SMILES string of the molecule is CC1(C)C(/C=C/C2=C(N(c3ccccc3)c3ccccc3)C(=C/C=C3/N(CCCCS(=O)(=O)O)c4ccc5ccccc5c4C3(C)C)/CC2)=[N+](CCCCS(=O)(=O)O)c2ccc3ccccc3c21. The van der Waals surface area contributed by atoms with E-state index in [9.17, 15) is 25.9 Å². The predicted octanol–water partition coefficient (Wildman–Crippen LogP) is 12.8. The smallest absolute Gasteiger partial charge is 0.264 e. The van der Waals surface area contributed by atoms with Crippen molar-refractivity contribution in [3.63, 3.8) is 0 Å². The van der Waals surface area contributed by atoms with Gasteiger partial charge in [-0.15, -0.1) is 0 Å². The van der Waals surface area contributed by atoms with Crippen molar-refractivity contribution in [2.45, 2.75) is 77.0 Å². The van der Waals surface area contributed by atoms with Crippen molar-refractivity contribution in [2.24, 2.45) is 0 Å². The van der Waals surface area contributed by atoms with Gasteiger partial charge in [-0.3, -0.25) is 9.11 Å². The average Bonchev–Trinajstić information content (AvgIpc) is 3.88. The van der Waals surface area contributed by atoms with Gasteiger partial charge in [0, 0.05) is 58.8 Å². The minimum Gasteiger partial charge on any atom is -0.344 e. The lowest BCUT2D eigenvalue weighted by Crippen LogP contribution is -2.28. The number of fused-ring (bicyclic) bond motifs is 6. The molecule has 0 atom stereocenters. The van der Waals surface area contributed by atoms with Gasteiger partial charge in [0.1, 0.15) is 6.54 Å². The van der Waals surface area contributed by atoms with Crippen molar-refractivity contribution >= 4 is 70.2 Å². The molecular weight excluding hydrogens is 887 g/mol. The van der Waals surface area contributed by atoms with Gasteiger partial charge in [0.15, 0.2) is 5.71 Å². The highest BCUT2D eigenvalue weighted by atomic mass is 32.2. The number of allylic oxidation sites excluding steroid dienone is 7. The molecule has 0 saturated heterocycles. The van der Waals surface area contributed by atoms with Crippen molar-refractivity contribution in [3.8, 4) is 0 Å². The minimum atomic E-state index is -4.08. The lowest BCUT2D eigenvalue weighted by molar-refractivity contribution is -0.438. The van der Waals surface area contributed by atoms with E-state index in [0.29, 0.717) is 38.8 Å². The molecule has 68 heavy (non-hydrogen) atoms. The molecule has 0 bridgehead atoms. The van der Waals surface area contributed by atoms with Crippen LogP contribution in [-0.2, 0) is 31.1 Å². The summed E-state index contributed by atoms with van der Waals surface area (Å²) in [5, 5.41) is 4.72. The van der Waals surface area contributed by atoms with Crippen LogP contribution >= 0.6 is 0 Å². The van der Waals surface area contributed by atoms with Crippen molar-refractivity contribution in [2.75, 3.05) is 34.4 Å². The van der Waals surface area contributed by atoms with Crippen LogP contribution < -0.4 is 9.80 Å². The molecule has 3 aliphatic rings. The molecule has 11 heteroatoms. The molecule has 6 aromatic carbocycles. The molecule has 0 saturated carbocycles. The third-order valence-electron chi connectivity index (χ3n) is 14.0. The highest BCUT2D eigenvalue weighted by Crippen LogP contribution is 2.52. The molecule has 0 radical (unpaired) electrons. The van der Waals surface area contributed by atoms with Gasteiger partial charge >= 0.3 is 0 Å². The quantitative estimate of drug-likeness (QED) is 0.0559. The second-order valence-electron chi connectivity index (χ2n) is 19.2. The maximum Gasteiger partial charge on any atom is 0.264 e. The fraction of sp³-hybridized carbons (Fsp3) is 0.281. The van der Waals surface area contributed by atoms with Gasteiger partial charge in [-0.05, 0) is 127 Å². The maximum atomic E-state index is 11.7. The van der Waals surface area contributed by atoms with Crippen LogP contribution in [0.3, 0.4) is 0 Å². The molecule has 1 aliphatic carbocycles. The molecule has 350 valence electrons. The maximum absolute atomic E-state index is 11.7. The van der Waals surface area contributed by atoms with Crippen LogP contribution in [0.25, 0.3) is 21.5 Å². The third kappa shape index (κ3) is 9.37. The first kappa shape index (κ1) is 47.0. The zero-order chi connectivity index (χ0) is 47.8. The van der Waals surface area contributed by atoms with Gasteiger partial charge in [0.05, 0.1) is 22.6 Å². The highest BCUT2D eigenvalue weighted by molar-refractivity contribution is 7.86. The number of anilines is 3. The fourth-order valence-electron chi connectivity index (χ4n) is 10.9. The van der Waals surface area contributed by atoms with E-state index in [1.807, 2.05) is 12.1 Å². The van der Waals surface area contributed by atoms with E-state index in [-0.39, 0.29) is 11.5 Å². The van der Waals surface area contributed by atoms with Gasteiger partial charge in [0.25, 0.3) is 20.2 Å². The first-order valence-electron chi connectivity index (χ1n) is 23.6. The van der Waals surface area contributed by atoms with E-state index in [2.05, 4.69) is 188 Å². The zero-order valence-electron chi connectivity index (χ0n) is 39.3. The Kier molecular flexibility index (Phi) is 13.0. The minimum absolute atomic E-state index is 0.276. The summed E-state index contributed by atoms with van der Waals surface area (Å²) in [6.07, 6.45) is 12.6. The largest absolute Gasteiger partial charge is 0.344 e. The number of hydrogen-bond donors (Lipinski definition) is 2. The number of para-hydroxylation sites is 2. The van der Waals surface area contributed by atoms with E-state index >= 15 is 0 Å². The number of unbranched alkanes of at least 4 members (excludes halogenated alkanes) is 2. The van der Waals surface area contributed by atoms with Crippen LogP contribution in [0.5, 0.6) is 0 Å². The molecule has 2 N–H and O–H groups in total. The molecular formula is C57H60N3O6S2+. The Morgan fingerprint density at radius 3 is 1.78 bits per heavy atom. The second-order valence-corrected chi connectivity index (χ2v) is 22.4. The number of benzene rings is 6. The summed E-state index contributed by atoms with van der Waals surface area (Å²) < 4.78 is 68.4. The summed E-state index contributed by atoms with van der Waals surface area (Å²) in [4.78, 5) is 4.71. The Labute approximate surface area is 401 Å². The average molecular weight is 947 g/mol. The van der Waals surface area contributed by atoms with Crippen LogP contribution in [-0.4, -0.2) is 60.8 Å². The molecule has 0 unspecified atom stereocenters. The third-order valence-corrected chi connectivity index (χ3v) is 15.6. The normalized spacial score (nSPS) is 17.9. The van der Waals surface area contributed by atoms with Gasteiger partial charge in [0.2, 0.25) is 5.69 Å². The topological polar surface area (TPSA) is 118 Å². The van der Waals surface area contributed by atoms with E-state index < -0.39 is 31.1 Å². The Morgan fingerprint density at radius 1 is 0.603 bits per heavy atom. The summed E-state index contributed by atoms with van der Waals surface area (Å²) in [5.74, 6) is -0.552. The van der Waals surface area contributed by atoms with Crippen LogP contribution in [0.4, 0.5) is 22.7 Å². The molecule has 0 fully saturated rings. The molecule has 9 rings (SSSR count). The standard InChI is InChI=1S/C57H59N3O6S2/c1-56(2)51(58(37-15-17-39-67(61,62)63)49-33-29-41-19-11-13-25-47(41)53(49)56)35-31-43-27-28-44(55(43)60(45-21-7-5-8-22-45)46-23-9-6-10-24-46)32-36-52-57(3,4)54-48-26-14-12-20-42(48)30-34-50(54)59(52)38-16-18-40-68(64,65)66/h5-14,19-26,29-36H,15-18,27-28,37-40H2,1-4H3,(H-,61,62,63,64,65,66)/p+1. The van der Waals surface area contributed by atoms with Crippen LogP contribution in [0.15, 0.2) is 180 Å². The first-order chi connectivity index (χ1) is 32.5. The fourth-order valence-corrected chi connectivity index (χ4v) is 12.0. The van der Waals surface area contributed by atoms with Gasteiger partial charge < -0.3 is 9.80 Å². The number of rotatable bonds is 16. The lowest BCUT2D eigenvalue weighted by Gasteiger charge is -2.29. The Hall–Kier alpha value is -6.11. The van der Waals surface area contributed by atoms with Gasteiger partial charge in [-0.2, -0.15) is 21.4 Å². The monoisotopic (exact) mass is 946 g/mol. The molecule has 2 aliphatic heterocycles. The molecule has 2 heterocycles. The summed E-state index contributed by atoms with van der Waals surface area (Å²) >= 11 is 0. The van der Waals surface area contributed by atoms with Crippen LogP contribution in [0.1, 0.15) is 77.3 Å². The summed E-state index contributed by atoms with van der Waals surface area (Å²) in [6.45, 7) is 10.3. The Balaban J connectivity index is 1.19. The van der Waals surface area contributed by atoms with E-state index in [1.54, 1.807) is 0 Å². The zero-order valence-corrected chi connectivity index (χ0v) is 40.9. The van der Waals surface area contributed by atoms with Crippen LogP contribution in [0.2, 0.25) is 0 Å². The van der Waals surface area contributed by atoms with E-state index in [4.69, 9.17) is 0 Å². The number of hydrogen-bond acceptors (Lipinski definition) is 6. The van der Waals surface area contributed by atoms with E-state index in [1.165, 1.54) is 43.8 Å². The molecule has 0 amide bonds. The summed E-state index contributed by atoms with van der Waals surface area (Å²) in [5.41, 5.74) is 11.7. The van der Waals surface area contributed by atoms with Crippen molar-refractivity contribution < 1.29 is 30.5 Å². The predicted molar refractivity (Wildman–Crippen MR) is 279 cm³/mol. The number of nitrogens with zero attached hydrogens (tertiary/aromatic N) is 3. The van der Waals surface area contributed by atoms with Crippen molar-refractivity contribution in [1.29, 1.82) is 0 Å². The lowest BCUT2D eigenvalue weighted by atomic mass is 9.79. The summed E-state index contributed by atoms with van der Waals surface area (Å²) in [7, 11) is -8.15. The molecule has 9 nitrogen and oxygen atoms in total. The second kappa shape index (κ2) is 18.8. The molecule has 0 aromatic heterocycles. The Bertz CT molecular complexity index is 3260. The Morgan fingerprint density at radius 2 is 1.16 bits per heavy atom.